The minimum absolute atomic E-state index is 0. The van der Waals surface area contributed by atoms with E-state index < -0.39 is 11.7 Å². The summed E-state index contributed by atoms with van der Waals surface area (Å²) in [5.74, 6) is 0. The van der Waals surface area contributed by atoms with E-state index in [9.17, 15) is 13.2 Å². The first kappa shape index (κ1) is 17.5. The van der Waals surface area contributed by atoms with Crippen molar-refractivity contribution >= 4 is 5.69 Å². The number of rotatable bonds is 3. The molecule has 0 N–H and O–H groups in total. The molecule has 1 aromatic heterocycles. The van der Waals surface area contributed by atoms with Crippen molar-refractivity contribution in [2.24, 2.45) is 0 Å². The second-order valence-corrected chi connectivity index (χ2v) is 4.82. The zero-order valence-corrected chi connectivity index (χ0v) is 13.3. The number of hydrogen-bond donors (Lipinski definition) is 0. The summed E-state index contributed by atoms with van der Waals surface area (Å²) in [6.07, 6.45) is -0.459. The molecule has 0 unspecified atom stereocenters. The van der Waals surface area contributed by atoms with Gasteiger partial charge in [0.15, 0.2) is 18.9 Å². The van der Waals surface area contributed by atoms with E-state index in [4.69, 9.17) is 0 Å². The van der Waals surface area contributed by atoms with Gasteiger partial charge in [-0.3, -0.25) is 0 Å². The number of halogens is 4. The Kier molecular flexibility index (Phi) is 5.78. The average Bonchev–Trinajstić information content (AvgIpc) is 2.39. The van der Waals surface area contributed by atoms with E-state index in [2.05, 4.69) is 0 Å². The van der Waals surface area contributed by atoms with E-state index in [0.717, 1.165) is 23.4 Å². The SMILES string of the molecule is CN(C)c1cc[n+](Cc2ccc(C(F)(F)F)cc2)cc1.[Br-]. The molecular weight excluding hydrogens is 345 g/mol. The summed E-state index contributed by atoms with van der Waals surface area (Å²) in [5, 5.41) is 0. The number of benzene rings is 1. The van der Waals surface area contributed by atoms with E-state index >= 15 is 0 Å². The van der Waals surface area contributed by atoms with Gasteiger partial charge in [-0.2, -0.15) is 13.2 Å². The first-order valence-electron chi connectivity index (χ1n) is 6.19. The van der Waals surface area contributed by atoms with Crippen molar-refractivity contribution in [1.29, 1.82) is 0 Å². The Balaban J connectivity index is 0.00000220. The lowest BCUT2D eigenvalue weighted by atomic mass is 10.1. The van der Waals surface area contributed by atoms with Crippen molar-refractivity contribution in [3.8, 4) is 0 Å². The van der Waals surface area contributed by atoms with Crippen LogP contribution in [0.15, 0.2) is 48.8 Å². The summed E-state index contributed by atoms with van der Waals surface area (Å²) in [6.45, 7) is 0.547. The fourth-order valence-electron chi connectivity index (χ4n) is 1.86. The molecule has 0 spiro atoms. The minimum atomic E-state index is -4.28. The van der Waals surface area contributed by atoms with Crippen LogP contribution in [0.1, 0.15) is 11.1 Å². The number of pyridine rings is 1. The third-order valence-corrected chi connectivity index (χ3v) is 3.04. The molecule has 1 heterocycles. The highest BCUT2D eigenvalue weighted by atomic mass is 79.9. The summed E-state index contributed by atoms with van der Waals surface area (Å²) >= 11 is 0. The van der Waals surface area contributed by atoms with Crippen molar-refractivity contribution in [3.05, 3.63) is 59.9 Å². The first-order chi connectivity index (χ1) is 9.36. The van der Waals surface area contributed by atoms with Crippen LogP contribution < -0.4 is 26.4 Å². The summed E-state index contributed by atoms with van der Waals surface area (Å²) in [7, 11) is 3.91. The normalized spacial score (nSPS) is 10.9. The van der Waals surface area contributed by atoms with Crippen LogP contribution in [0.2, 0.25) is 0 Å². The average molecular weight is 361 g/mol. The van der Waals surface area contributed by atoms with Gasteiger partial charge in [-0.15, -0.1) is 0 Å². The van der Waals surface area contributed by atoms with Crippen molar-refractivity contribution in [2.45, 2.75) is 12.7 Å². The largest absolute Gasteiger partial charge is 1.00 e. The number of alkyl halides is 3. The highest BCUT2D eigenvalue weighted by Crippen LogP contribution is 2.29. The summed E-state index contributed by atoms with van der Waals surface area (Å²) in [5.41, 5.74) is 1.29. The smallest absolute Gasteiger partial charge is 0.416 e. The zero-order valence-electron chi connectivity index (χ0n) is 11.7. The molecule has 0 fully saturated rings. The monoisotopic (exact) mass is 360 g/mol. The number of hydrogen-bond acceptors (Lipinski definition) is 1. The molecule has 0 saturated carbocycles. The van der Waals surface area contributed by atoms with Crippen LogP contribution >= 0.6 is 0 Å². The van der Waals surface area contributed by atoms with Gasteiger partial charge in [-0.05, 0) is 12.1 Å². The molecule has 0 amide bonds. The highest BCUT2D eigenvalue weighted by molar-refractivity contribution is 5.41. The third-order valence-electron chi connectivity index (χ3n) is 3.04. The van der Waals surface area contributed by atoms with E-state index in [1.54, 1.807) is 0 Å². The van der Waals surface area contributed by atoms with Gasteiger partial charge in [0.1, 0.15) is 0 Å². The maximum atomic E-state index is 12.5. The predicted octanol–water partition coefficient (Wildman–Crippen LogP) is 0.111. The molecule has 0 aliphatic carbocycles. The maximum Gasteiger partial charge on any atom is 0.416 e. The number of anilines is 1. The van der Waals surface area contributed by atoms with Gasteiger partial charge in [-0.1, -0.05) is 12.1 Å². The molecule has 2 nitrogen and oxygen atoms in total. The van der Waals surface area contributed by atoms with Crippen molar-refractivity contribution in [3.63, 3.8) is 0 Å². The Morgan fingerprint density at radius 2 is 1.48 bits per heavy atom. The Labute approximate surface area is 132 Å². The summed E-state index contributed by atoms with van der Waals surface area (Å²) in [4.78, 5) is 1.99. The van der Waals surface area contributed by atoms with Crippen LogP contribution in [0.4, 0.5) is 18.9 Å². The predicted molar refractivity (Wildman–Crippen MR) is 71.5 cm³/mol. The van der Waals surface area contributed by atoms with Crippen LogP contribution in [0, 0.1) is 0 Å². The van der Waals surface area contributed by atoms with E-state index in [-0.39, 0.29) is 17.0 Å². The topological polar surface area (TPSA) is 7.12 Å². The van der Waals surface area contributed by atoms with Gasteiger partial charge >= 0.3 is 6.18 Å². The lowest BCUT2D eigenvalue weighted by Crippen LogP contribution is -3.00. The molecule has 6 heteroatoms. The van der Waals surface area contributed by atoms with E-state index in [1.165, 1.54) is 12.1 Å². The van der Waals surface area contributed by atoms with Gasteiger partial charge in [0.25, 0.3) is 0 Å². The molecule has 21 heavy (non-hydrogen) atoms. The molecule has 0 bridgehead atoms. The molecule has 114 valence electrons. The van der Waals surface area contributed by atoms with Gasteiger partial charge in [0.05, 0.1) is 5.56 Å². The fourth-order valence-corrected chi connectivity index (χ4v) is 1.86. The number of aromatic nitrogens is 1. The van der Waals surface area contributed by atoms with Crippen LogP contribution in [-0.2, 0) is 12.7 Å². The fraction of sp³-hybridized carbons (Fsp3) is 0.267. The molecule has 2 aromatic rings. The van der Waals surface area contributed by atoms with Crippen molar-refractivity contribution < 1.29 is 34.7 Å². The van der Waals surface area contributed by atoms with Gasteiger partial charge in [-0.25, -0.2) is 4.57 Å². The third kappa shape index (κ3) is 4.74. The molecule has 0 radical (unpaired) electrons. The standard InChI is InChI=1S/C15H16F3N2.BrH/c1-19(2)14-7-9-20(10-8-14)11-12-3-5-13(6-4-12)15(16,17)18;/h3-10H,11H2,1-2H3;1H/q+1;/p-1. The second kappa shape index (κ2) is 6.93. The molecule has 0 saturated heterocycles. The molecular formula is C15H16BrF3N2. The lowest BCUT2D eigenvalue weighted by Gasteiger charge is -2.10. The zero-order chi connectivity index (χ0) is 14.8. The quantitative estimate of drug-likeness (QED) is 0.705. The molecule has 0 atom stereocenters. The van der Waals surface area contributed by atoms with Crippen LogP contribution in [0.5, 0.6) is 0 Å². The molecule has 2 rings (SSSR count). The molecule has 0 aliphatic heterocycles. The van der Waals surface area contributed by atoms with Gasteiger partial charge < -0.3 is 21.9 Å². The Hall–Kier alpha value is -1.56. The van der Waals surface area contributed by atoms with Crippen LogP contribution in [0.25, 0.3) is 0 Å². The summed E-state index contributed by atoms with van der Waals surface area (Å²) < 4.78 is 39.3. The maximum absolute atomic E-state index is 12.5. The van der Waals surface area contributed by atoms with E-state index in [1.807, 2.05) is 48.1 Å². The summed E-state index contributed by atoms with van der Waals surface area (Å²) in [6, 6.07) is 9.17. The highest BCUT2D eigenvalue weighted by Gasteiger charge is 2.29. The van der Waals surface area contributed by atoms with Gasteiger partial charge in [0, 0.05) is 37.5 Å². The Bertz CT molecular complexity index is 563. The van der Waals surface area contributed by atoms with Crippen LogP contribution in [-0.4, -0.2) is 14.1 Å². The van der Waals surface area contributed by atoms with Crippen LogP contribution in [0.3, 0.4) is 0 Å². The molecule has 0 aliphatic rings. The Morgan fingerprint density at radius 1 is 0.952 bits per heavy atom. The van der Waals surface area contributed by atoms with Crippen molar-refractivity contribution in [2.75, 3.05) is 19.0 Å². The van der Waals surface area contributed by atoms with Crippen molar-refractivity contribution in [1.82, 2.24) is 0 Å². The minimum Gasteiger partial charge on any atom is -1.00 e. The molecule has 1 aromatic carbocycles. The van der Waals surface area contributed by atoms with E-state index in [0.29, 0.717) is 6.54 Å². The Morgan fingerprint density at radius 3 is 1.90 bits per heavy atom. The second-order valence-electron chi connectivity index (χ2n) is 4.82. The first-order valence-corrected chi connectivity index (χ1v) is 6.19. The number of nitrogens with zero attached hydrogens (tertiary/aromatic N) is 2. The lowest BCUT2D eigenvalue weighted by molar-refractivity contribution is -0.688. The van der Waals surface area contributed by atoms with Gasteiger partial charge in [0.2, 0.25) is 0 Å².